The van der Waals surface area contributed by atoms with Gasteiger partial charge in [0, 0.05) is 44.7 Å². The van der Waals surface area contributed by atoms with E-state index in [0.717, 1.165) is 91.9 Å². The fourth-order valence-electron chi connectivity index (χ4n) is 4.92. The zero-order valence-electron chi connectivity index (χ0n) is 21.2. The Morgan fingerprint density at radius 2 is 1.81 bits per heavy atom. The van der Waals surface area contributed by atoms with E-state index in [-0.39, 0.29) is 0 Å². The molecule has 0 spiro atoms. The topological polar surface area (TPSA) is 91.6 Å². The van der Waals surface area contributed by atoms with Crippen molar-refractivity contribution in [3.63, 3.8) is 0 Å². The molecule has 0 amide bonds. The van der Waals surface area contributed by atoms with E-state index >= 15 is 0 Å². The third kappa shape index (κ3) is 5.46. The van der Waals surface area contributed by atoms with Crippen LogP contribution < -0.4 is 10.5 Å². The molecule has 1 saturated heterocycles. The summed E-state index contributed by atoms with van der Waals surface area (Å²) in [4.78, 5) is 7.58. The van der Waals surface area contributed by atoms with Crippen molar-refractivity contribution in [3.05, 3.63) is 65.3 Å². The van der Waals surface area contributed by atoms with Crippen LogP contribution in [0.25, 0.3) is 22.2 Å². The minimum absolute atomic E-state index is 0.514. The number of nitrogens with two attached hydrogens (primary N) is 1. The Hall–Kier alpha value is -3.20. The molecule has 1 aliphatic heterocycles. The van der Waals surface area contributed by atoms with Crippen LogP contribution in [-0.4, -0.2) is 65.6 Å². The van der Waals surface area contributed by atoms with Gasteiger partial charge in [0.25, 0.3) is 0 Å². The zero-order chi connectivity index (χ0) is 24.9. The van der Waals surface area contributed by atoms with Crippen molar-refractivity contribution in [1.29, 1.82) is 0 Å². The van der Waals surface area contributed by atoms with E-state index < -0.39 is 0 Å². The lowest BCUT2D eigenvalue weighted by Crippen LogP contribution is -2.38. The molecule has 2 aromatic carbocycles. The number of fused-ring (bicyclic) bond motifs is 1. The quantitative estimate of drug-likeness (QED) is 0.363. The smallest absolute Gasteiger partial charge is 0.141 e. The normalized spacial score (nSPS) is 14.5. The first-order chi connectivity index (χ1) is 17.6. The number of aromatic nitrogens is 3. The molecule has 8 nitrogen and oxygen atoms in total. The van der Waals surface area contributed by atoms with Crippen molar-refractivity contribution < 1.29 is 14.0 Å². The first kappa shape index (κ1) is 24.5. The molecule has 0 atom stereocenters. The highest BCUT2D eigenvalue weighted by Gasteiger charge is 2.17. The van der Waals surface area contributed by atoms with E-state index in [1.165, 1.54) is 11.1 Å². The van der Waals surface area contributed by atoms with E-state index in [9.17, 15) is 0 Å². The summed E-state index contributed by atoms with van der Waals surface area (Å²) < 4.78 is 18.9. The van der Waals surface area contributed by atoms with E-state index in [2.05, 4.69) is 45.0 Å². The number of nitrogens with zero attached hydrogens (tertiary/aromatic N) is 4. The van der Waals surface area contributed by atoms with Gasteiger partial charge in [0.2, 0.25) is 0 Å². The Kier molecular flexibility index (Phi) is 7.65. The maximum absolute atomic E-state index is 5.61. The maximum Gasteiger partial charge on any atom is 0.141 e. The molecule has 1 fully saturated rings. The van der Waals surface area contributed by atoms with Crippen LogP contribution in [0.15, 0.2) is 47.0 Å². The lowest BCUT2D eigenvalue weighted by Gasteiger charge is -2.27. The highest BCUT2D eigenvalue weighted by Crippen LogP contribution is 2.30. The zero-order valence-corrected chi connectivity index (χ0v) is 21.2. The van der Waals surface area contributed by atoms with Crippen molar-refractivity contribution >= 4 is 11.0 Å². The van der Waals surface area contributed by atoms with Crippen LogP contribution >= 0.6 is 0 Å². The third-order valence-corrected chi connectivity index (χ3v) is 6.84. The first-order valence-corrected chi connectivity index (χ1v) is 12.8. The van der Waals surface area contributed by atoms with E-state index in [1.54, 1.807) is 0 Å². The molecule has 2 aromatic heterocycles. The van der Waals surface area contributed by atoms with Gasteiger partial charge in [0.1, 0.15) is 23.9 Å². The molecule has 0 bridgehead atoms. The van der Waals surface area contributed by atoms with Crippen LogP contribution in [0, 0.1) is 13.8 Å². The number of benzene rings is 2. The molecular weight excluding hydrogens is 454 g/mol. The van der Waals surface area contributed by atoms with Gasteiger partial charge in [-0.2, -0.15) is 0 Å². The summed E-state index contributed by atoms with van der Waals surface area (Å²) in [5, 5.41) is 4.13. The highest BCUT2D eigenvalue weighted by atomic mass is 16.5. The van der Waals surface area contributed by atoms with Gasteiger partial charge in [-0.25, -0.2) is 4.98 Å². The number of ether oxygens (including phenoxy) is 2. The second kappa shape index (κ2) is 11.2. The Morgan fingerprint density at radius 1 is 1.00 bits per heavy atom. The molecular formula is C28H35N5O3. The van der Waals surface area contributed by atoms with Crippen molar-refractivity contribution in [3.8, 4) is 16.9 Å². The summed E-state index contributed by atoms with van der Waals surface area (Å²) in [5.74, 6) is 2.80. The maximum atomic E-state index is 5.61. The van der Waals surface area contributed by atoms with Crippen LogP contribution in [-0.2, 0) is 24.1 Å². The monoisotopic (exact) mass is 489 g/mol. The molecule has 190 valence electrons. The van der Waals surface area contributed by atoms with Gasteiger partial charge in [-0.15, -0.1) is 0 Å². The van der Waals surface area contributed by atoms with E-state index in [1.807, 2.05) is 26.0 Å². The largest absolute Gasteiger partial charge is 0.492 e. The van der Waals surface area contributed by atoms with E-state index in [0.29, 0.717) is 13.2 Å². The summed E-state index contributed by atoms with van der Waals surface area (Å²) in [7, 11) is 0. The number of aryl methyl sites for hydroxylation is 4. The molecule has 36 heavy (non-hydrogen) atoms. The summed E-state index contributed by atoms with van der Waals surface area (Å²) in [6, 6.07) is 14.8. The van der Waals surface area contributed by atoms with E-state index in [4.69, 9.17) is 24.7 Å². The van der Waals surface area contributed by atoms with Crippen molar-refractivity contribution in [2.45, 2.75) is 33.2 Å². The van der Waals surface area contributed by atoms with Crippen molar-refractivity contribution in [1.82, 2.24) is 19.6 Å². The van der Waals surface area contributed by atoms with Crippen molar-refractivity contribution in [2.75, 3.05) is 46.0 Å². The molecule has 3 heterocycles. The second-order valence-corrected chi connectivity index (χ2v) is 9.32. The molecule has 4 aromatic rings. The summed E-state index contributed by atoms with van der Waals surface area (Å²) in [5.41, 5.74) is 12.0. The molecule has 1 aliphatic rings. The predicted octanol–water partition coefficient (Wildman–Crippen LogP) is 3.76. The summed E-state index contributed by atoms with van der Waals surface area (Å²) in [6.07, 6.45) is 1.77. The van der Waals surface area contributed by atoms with Crippen LogP contribution in [0.3, 0.4) is 0 Å². The number of rotatable bonds is 10. The predicted molar refractivity (Wildman–Crippen MR) is 140 cm³/mol. The van der Waals surface area contributed by atoms with Gasteiger partial charge in [0.15, 0.2) is 0 Å². The Morgan fingerprint density at radius 3 is 2.53 bits per heavy atom. The van der Waals surface area contributed by atoms with Gasteiger partial charge >= 0.3 is 0 Å². The van der Waals surface area contributed by atoms with Gasteiger partial charge in [-0.05, 0) is 55.7 Å². The Labute approximate surface area is 212 Å². The summed E-state index contributed by atoms with van der Waals surface area (Å²) in [6.45, 7) is 10.5. The molecule has 5 rings (SSSR count). The Bertz CT molecular complexity index is 1270. The minimum atomic E-state index is 0.514. The van der Waals surface area contributed by atoms with Gasteiger partial charge in [-0.3, -0.25) is 4.90 Å². The number of imidazole rings is 1. The molecule has 0 aliphatic carbocycles. The Balaban J connectivity index is 1.40. The highest BCUT2D eigenvalue weighted by molar-refractivity contribution is 5.83. The van der Waals surface area contributed by atoms with Crippen LogP contribution in [0.5, 0.6) is 5.75 Å². The first-order valence-electron chi connectivity index (χ1n) is 12.8. The SMILES string of the molecule is Cc1noc(C)c1-c1ccc2c(c1)nc(CCc1ccc(OCCN)cc1)n2CCN1CCOCC1. The van der Waals surface area contributed by atoms with Crippen molar-refractivity contribution in [2.24, 2.45) is 5.73 Å². The molecule has 0 saturated carbocycles. The van der Waals surface area contributed by atoms with Gasteiger partial charge in [-0.1, -0.05) is 23.4 Å². The fourth-order valence-corrected chi connectivity index (χ4v) is 4.92. The number of hydrogen-bond acceptors (Lipinski definition) is 7. The molecule has 2 N–H and O–H groups in total. The molecule has 0 unspecified atom stereocenters. The summed E-state index contributed by atoms with van der Waals surface area (Å²) >= 11 is 0. The minimum Gasteiger partial charge on any atom is -0.492 e. The molecule has 0 radical (unpaired) electrons. The van der Waals surface area contributed by atoms with Crippen LogP contribution in [0.1, 0.15) is 22.8 Å². The number of hydrogen-bond donors (Lipinski definition) is 1. The van der Waals surface area contributed by atoms with Gasteiger partial charge in [0.05, 0.1) is 29.9 Å². The number of morpholine rings is 1. The average Bonchev–Trinajstić information content (AvgIpc) is 3.43. The standard InChI is InChI=1S/C28H35N5O3/c1-20-28(21(2)36-31-20)23-6-9-26-25(19-23)30-27(33(26)13-12-32-14-17-34-18-15-32)10-5-22-3-7-24(8-4-22)35-16-11-29/h3-4,6-9,19H,5,10-18,29H2,1-2H3. The third-order valence-electron chi connectivity index (χ3n) is 6.84. The van der Waals surface area contributed by atoms with Crippen LogP contribution in [0.2, 0.25) is 0 Å². The average molecular weight is 490 g/mol. The van der Waals surface area contributed by atoms with Crippen LogP contribution in [0.4, 0.5) is 0 Å². The van der Waals surface area contributed by atoms with Gasteiger partial charge < -0.3 is 24.3 Å². The second-order valence-electron chi connectivity index (χ2n) is 9.32. The molecule has 8 heteroatoms. The fraction of sp³-hybridized carbons (Fsp3) is 0.429. The lowest BCUT2D eigenvalue weighted by atomic mass is 10.0. The lowest BCUT2D eigenvalue weighted by molar-refractivity contribution is 0.0364.